The Morgan fingerprint density at radius 1 is 1.08 bits per heavy atom. The number of aliphatic hydroxyl groups excluding tert-OH is 1. The maximum Gasteiger partial charge on any atom is 0.309 e. The summed E-state index contributed by atoms with van der Waals surface area (Å²) in [6.07, 6.45) is 8.73. The molecule has 0 aromatic carbocycles. The van der Waals surface area contributed by atoms with Crippen LogP contribution in [-0.2, 0) is 4.79 Å². The highest BCUT2D eigenvalue weighted by molar-refractivity contribution is 5.75. The van der Waals surface area contributed by atoms with Gasteiger partial charge in [-0.15, -0.1) is 0 Å². The summed E-state index contributed by atoms with van der Waals surface area (Å²) in [5.41, 5.74) is -1.31. The Morgan fingerprint density at radius 3 is 2.50 bits per heavy atom. The topological polar surface area (TPSA) is 77.8 Å². The fourth-order valence-corrected chi connectivity index (χ4v) is 8.06. The van der Waals surface area contributed by atoms with Gasteiger partial charge in [0.2, 0.25) is 0 Å². The summed E-state index contributed by atoms with van der Waals surface area (Å²) in [4.78, 5) is 12.1. The standard InChI is InChI=1S/C20H32O4/c1-17-7-3-8-18(2,16(22)23)14(17)6-9-19-10-13(4-5-15(17)19)20(24,11-19)12-21/h13-15,21,24H,3-12H2,1-2H3,(H,22,23)/t13-,14-,15-,17-,18-,19+,20-/m0/s1. The van der Waals surface area contributed by atoms with E-state index in [-0.39, 0.29) is 29.3 Å². The molecule has 0 aromatic heterocycles. The molecule has 2 bridgehead atoms. The van der Waals surface area contributed by atoms with Crippen molar-refractivity contribution >= 4 is 5.97 Å². The first kappa shape index (κ1) is 16.8. The molecular formula is C20H32O4. The van der Waals surface area contributed by atoms with Crippen molar-refractivity contribution in [1.29, 1.82) is 0 Å². The van der Waals surface area contributed by atoms with Gasteiger partial charge in [-0.1, -0.05) is 13.3 Å². The van der Waals surface area contributed by atoms with Crippen LogP contribution in [0.4, 0.5) is 0 Å². The summed E-state index contributed by atoms with van der Waals surface area (Å²) in [7, 11) is 0. The minimum atomic E-state index is -0.900. The third-order valence-corrected chi connectivity index (χ3v) is 9.08. The van der Waals surface area contributed by atoms with Crippen LogP contribution in [0.25, 0.3) is 0 Å². The van der Waals surface area contributed by atoms with Gasteiger partial charge < -0.3 is 15.3 Å². The van der Waals surface area contributed by atoms with Crippen molar-refractivity contribution in [2.75, 3.05) is 6.61 Å². The van der Waals surface area contributed by atoms with E-state index >= 15 is 0 Å². The fourth-order valence-electron chi connectivity index (χ4n) is 8.06. The van der Waals surface area contributed by atoms with Gasteiger partial charge >= 0.3 is 5.97 Å². The molecule has 0 amide bonds. The van der Waals surface area contributed by atoms with Crippen LogP contribution in [0.3, 0.4) is 0 Å². The average molecular weight is 336 g/mol. The highest BCUT2D eigenvalue weighted by Gasteiger charge is 2.68. The van der Waals surface area contributed by atoms with Crippen LogP contribution in [0, 0.1) is 34.0 Å². The van der Waals surface area contributed by atoms with E-state index in [0.717, 1.165) is 57.8 Å². The molecule has 0 heterocycles. The lowest BCUT2D eigenvalue weighted by molar-refractivity contribution is -0.181. The number of aliphatic carboxylic acids is 1. The van der Waals surface area contributed by atoms with E-state index in [1.165, 1.54) is 0 Å². The molecule has 1 spiro atoms. The predicted octanol–water partition coefficient (Wildman–Crippen LogP) is 3.21. The van der Waals surface area contributed by atoms with E-state index in [4.69, 9.17) is 0 Å². The number of rotatable bonds is 2. The second-order valence-corrected chi connectivity index (χ2v) is 10.0. The van der Waals surface area contributed by atoms with E-state index < -0.39 is 17.0 Å². The zero-order valence-electron chi connectivity index (χ0n) is 15.1. The van der Waals surface area contributed by atoms with Crippen LogP contribution in [0.15, 0.2) is 0 Å². The van der Waals surface area contributed by atoms with Crippen molar-refractivity contribution < 1.29 is 20.1 Å². The Labute approximate surface area is 144 Å². The number of fused-ring (bicyclic) bond motifs is 3. The molecule has 4 aliphatic rings. The van der Waals surface area contributed by atoms with E-state index in [1.54, 1.807) is 0 Å². The number of carboxylic acids is 1. The highest BCUT2D eigenvalue weighted by Crippen LogP contribution is 2.72. The molecule has 0 aliphatic heterocycles. The molecule has 4 fully saturated rings. The van der Waals surface area contributed by atoms with Crippen molar-refractivity contribution in [3.8, 4) is 0 Å². The second kappa shape index (κ2) is 4.97. The minimum Gasteiger partial charge on any atom is -0.481 e. The summed E-state index contributed by atoms with van der Waals surface area (Å²) in [5.74, 6) is 0.348. The fraction of sp³-hybridized carbons (Fsp3) is 0.950. The monoisotopic (exact) mass is 336 g/mol. The van der Waals surface area contributed by atoms with Crippen molar-refractivity contribution in [3.63, 3.8) is 0 Å². The van der Waals surface area contributed by atoms with Gasteiger partial charge in [0, 0.05) is 0 Å². The van der Waals surface area contributed by atoms with Gasteiger partial charge in [0.05, 0.1) is 17.6 Å². The number of carbonyl (C=O) groups is 1. The lowest BCUT2D eigenvalue weighted by Gasteiger charge is -2.63. The molecule has 0 radical (unpaired) electrons. The molecule has 4 nitrogen and oxygen atoms in total. The van der Waals surface area contributed by atoms with Crippen LogP contribution in [0.5, 0.6) is 0 Å². The van der Waals surface area contributed by atoms with E-state index in [0.29, 0.717) is 5.92 Å². The third kappa shape index (κ3) is 1.90. The molecule has 24 heavy (non-hydrogen) atoms. The van der Waals surface area contributed by atoms with Crippen LogP contribution >= 0.6 is 0 Å². The molecule has 4 rings (SSSR count). The maximum atomic E-state index is 12.1. The molecular weight excluding hydrogens is 304 g/mol. The molecule has 0 saturated heterocycles. The summed E-state index contributed by atoms with van der Waals surface area (Å²) in [6.45, 7) is 4.19. The van der Waals surface area contributed by atoms with Gasteiger partial charge in [-0.25, -0.2) is 0 Å². The average Bonchev–Trinajstić information content (AvgIpc) is 2.73. The van der Waals surface area contributed by atoms with Gasteiger partial charge in [-0.2, -0.15) is 0 Å². The van der Waals surface area contributed by atoms with Gasteiger partial charge in [0.25, 0.3) is 0 Å². The maximum absolute atomic E-state index is 12.1. The van der Waals surface area contributed by atoms with Crippen LogP contribution < -0.4 is 0 Å². The molecule has 7 atom stereocenters. The Hall–Kier alpha value is -0.610. The normalized spacial score (nSPS) is 56.4. The molecule has 3 N–H and O–H groups in total. The Kier molecular flexibility index (Phi) is 3.49. The van der Waals surface area contributed by atoms with Crippen molar-refractivity contribution in [3.05, 3.63) is 0 Å². The molecule has 4 saturated carbocycles. The number of hydrogen-bond acceptors (Lipinski definition) is 3. The van der Waals surface area contributed by atoms with Crippen LogP contribution in [0.2, 0.25) is 0 Å². The molecule has 0 aromatic rings. The van der Waals surface area contributed by atoms with Gasteiger partial charge in [-0.05, 0) is 86.9 Å². The van der Waals surface area contributed by atoms with Crippen LogP contribution in [-0.4, -0.2) is 33.5 Å². The van der Waals surface area contributed by atoms with Crippen LogP contribution in [0.1, 0.15) is 71.6 Å². The largest absolute Gasteiger partial charge is 0.481 e. The zero-order valence-corrected chi connectivity index (χ0v) is 15.1. The highest BCUT2D eigenvalue weighted by atomic mass is 16.4. The van der Waals surface area contributed by atoms with Gasteiger partial charge in [0.1, 0.15) is 0 Å². The quantitative estimate of drug-likeness (QED) is 0.723. The van der Waals surface area contributed by atoms with Gasteiger partial charge in [0.15, 0.2) is 0 Å². The molecule has 4 aliphatic carbocycles. The Balaban J connectivity index is 1.73. The SMILES string of the molecule is C[C@]12CCC[C@](C)(C(=O)O)[C@H]1CC[C@]13C[C@H](CC[C@H]12)[C@@](O)(CO)C3. The number of carboxylic acid groups (broad SMARTS) is 1. The van der Waals surface area contributed by atoms with E-state index in [9.17, 15) is 20.1 Å². The zero-order chi connectivity index (χ0) is 17.4. The molecule has 4 heteroatoms. The lowest BCUT2D eigenvalue weighted by Crippen LogP contribution is -2.58. The summed E-state index contributed by atoms with van der Waals surface area (Å²) in [6, 6.07) is 0. The van der Waals surface area contributed by atoms with E-state index in [2.05, 4.69) is 6.92 Å². The third-order valence-electron chi connectivity index (χ3n) is 9.08. The summed E-state index contributed by atoms with van der Waals surface area (Å²) >= 11 is 0. The molecule has 0 unspecified atom stereocenters. The first-order valence-corrected chi connectivity index (χ1v) is 9.77. The van der Waals surface area contributed by atoms with Crippen molar-refractivity contribution in [2.24, 2.45) is 34.0 Å². The molecule has 136 valence electrons. The Morgan fingerprint density at radius 2 is 1.83 bits per heavy atom. The number of aliphatic hydroxyl groups is 2. The Bertz CT molecular complexity index is 562. The summed E-state index contributed by atoms with van der Waals surface area (Å²) in [5, 5.41) is 30.6. The predicted molar refractivity (Wildman–Crippen MR) is 90.3 cm³/mol. The van der Waals surface area contributed by atoms with E-state index in [1.807, 2.05) is 6.92 Å². The van der Waals surface area contributed by atoms with Crippen molar-refractivity contribution in [2.45, 2.75) is 77.2 Å². The summed E-state index contributed by atoms with van der Waals surface area (Å²) < 4.78 is 0. The lowest BCUT2D eigenvalue weighted by atomic mass is 9.41. The second-order valence-electron chi connectivity index (χ2n) is 10.0. The number of hydrogen-bond donors (Lipinski definition) is 3. The minimum absolute atomic E-state index is 0.0648. The first-order chi connectivity index (χ1) is 11.2. The van der Waals surface area contributed by atoms with Crippen molar-refractivity contribution in [1.82, 2.24) is 0 Å². The smallest absolute Gasteiger partial charge is 0.309 e. The first-order valence-electron chi connectivity index (χ1n) is 9.77. The van der Waals surface area contributed by atoms with Gasteiger partial charge in [-0.3, -0.25) is 4.79 Å².